The van der Waals surface area contributed by atoms with Gasteiger partial charge in [-0.1, -0.05) is 12.1 Å². The van der Waals surface area contributed by atoms with Gasteiger partial charge in [0.25, 0.3) is 0 Å². The summed E-state index contributed by atoms with van der Waals surface area (Å²) < 4.78 is 1.83. The van der Waals surface area contributed by atoms with E-state index in [2.05, 4.69) is 11.4 Å². The van der Waals surface area contributed by atoms with Crippen molar-refractivity contribution in [2.24, 2.45) is 7.05 Å². The van der Waals surface area contributed by atoms with Crippen LogP contribution in [0.15, 0.2) is 36.5 Å². The van der Waals surface area contributed by atoms with Gasteiger partial charge in [0, 0.05) is 19.8 Å². The molecule has 0 unspecified atom stereocenters. The largest absolute Gasteiger partial charge is 0.508 e. The average molecular weight is 255 g/mol. The average Bonchev–Trinajstić information content (AvgIpc) is 2.77. The van der Waals surface area contributed by atoms with Crippen LogP contribution < -0.4 is 5.32 Å². The zero-order valence-corrected chi connectivity index (χ0v) is 10.9. The molecule has 0 aliphatic heterocycles. The molecule has 19 heavy (non-hydrogen) atoms. The highest BCUT2D eigenvalue weighted by Gasteiger charge is 2.01. The molecule has 1 aromatic carbocycles. The molecule has 0 spiro atoms. The highest BCUT2D eigenvalue weighted by molar-refractivity contribution is 5.28. The van der Waals surface area contributed by atoms with Gasteiger partial charge in [-0.25, -0.2) is 0 Å². The second-order valence-electron chi connectivity index (χ2n) is 4.55. The number of aryl methyl sites for hydroxylation is 1. The number of nitrogens with one attached hydrogen (secondary N) is 1. The first kappa shape index (κ1) is 13.2. The third-order valence-electron chi connectivity index (χ3n) is 3.03. The first-order valence-corrected chi connectivity index (χ1v) is 6.23. The predicted octanol–water partition coefficient (Wildman–Crippen LogP) is 1.93. The summed E-state index contributed by atoms with van der Waals surface area (Å²) in [6.45, 7) is 1.62. The van der Waals surface area contributed by atoms with Gasteiger partial charge in [0.15, 0.2) is 0 Å². The highest BCUT2D eigenvalue weighted by atomic mass is 16.3. The van der Waals surface area contributed by atoms with Crippen LogP contribution in [0, 0.1) is 11.3 Å². The first-order chi connectivity index (χ1) is 9.19. The molecule has 1 aromatic heterocycles. The fourth-order valence-electron chi connectivity index (χ4n) is 1.97. The Labute approximate surface area is 112 Å². The van der Waals surface area contributed by atoms with Crippen molar-refractivity contribution >= 4 is 0 Å². The molecule has 0 aliphatic carbocycles. The van der Waals surface area contributed by atoms with Crippen molar-refractivity contribution in [3.05, 3.63) is 53.3 Å². The molecular weight excluding hydrogens is 238 g/mol. The van der Waals surface area contributed by atoms with Gasteiger partial charge in [0.2, 0.25) is 0 Å². The highest BCUT2D eigenvalue weighted by Crippen LogP contribution is 2.10. The van der Waals surface area contributed by atoms with E-state index in [-0.39, 0.29) is 0 Å². The second kappa shape index (κ2) is 6.07. The summed E-state index contributed by atoms with van der Waals surface area (Å²) in [6.07, 6.45) is 2.88. The SMILES string of the molecule is Cn1cc(CNCCc2ccc(O)cc2)cc1C#N. The maximum absolute atomic E-state index is 9.18. The van der Waals surface area contributed by atoms with Gasteiger partial charge in [-0.2, -0.15) is 5.26 Å². The zero-order valence-electron chi connectivity index (χ0n) is 10.9. The summed E-state index contributed by atoms with van der Waals surface area (Å²) in [5, 5.41) is 21.4. The van der Waals surface area contributed by atoms with Crippen LogP contribution in [-0.2, 0) is 20.0 Å². The van der Waals surface area contributed by atoms with Crippen LogP contribution in [0.3, 0.4) is 0 Å². The third kappa shape index (κ3) is 3.60. The van der Waals surface area contributed by atoms with Crippen LogP contribution >= 0.6 is 0 Å². The van der Waals surface area contributed by atoms with Gasteiger partial charge < -0.3 is 15.0 Å². The lowest BCUT2D eigenvalue weighted by atomic mass is 10.1. The van der Waals surface area contributed by atoms with E-state index >= 15 is 0 Å². The number of phenolic OH excluding ortho intramolecular Hbond substituents is 1. The van der Waals surface area contributed by atoms with Crippen LogP contribution in [0.1, 0.15) is 16.8 Å². The number of aromatic hydroxyl groups is 1. The van der Waals surface area contributed by atoms with E-state index in [0.717, 1.165) is 25.1 Å². The second-order valence-corrected chi connectivity index (χ2v) is 4.55. The number of hydrogen-bond acceptors (Lipinski definition) is 3. The third-order valence-corrected chi connectivity index (χ3v) is 3.03. The number of benzene rings is 1. The lowest BCUT2D eigenvalue weighted by Gasteiger charge is -2.03. The maximum Gasteiger partial charge on any atom is 0.120 e. The van der Waals surface area contributed by atoms with E-state index < -0.39 is 0 Å². The molecule has 0 saturated heterocycles. The van der Waals surface area contributed by atoms with Gasteiger partial charge in [-0.3, -0.25) is 0 Å². The molecule has 0 fully saturated rings. The van der Waals surface area contributed by atoms with E-state index in [1.165, 1.54) is 5.56 Å². The molecular formula is C15H17N3O. The Morgan fingerprint density at radius 3 is 2.63 bits per heavy atom. The smallest absolute Gasteiger partial charge is 0.120 e. The number of nitriles is 1. The summed E-state index contributed by atoms with van der Waals surface area (Å²) in [4.78, 5) is 0. The summed E-state index contributed by atoms with van der Waals surface area (Å²) >= 11 is 0. The zero-order chi connectivity index (χ0) is 13.7. The Bertz CT molecular complexity index is 578. The molecule has 4 heteroatoms. The van der Waals surface area contributed by atoms with E-state index in [0.29, 0.717) is 11.4 Å². The van der Waals surface area contributed by atoms with Crippen molar-refractivity contribution in [1.82, 2.24) is 9.88 Å². The van der Waals surface area contributed by atoms with Gasteiger partial charge in [-0.15, -0.1) is 0 Å². The molecule has 0 atom stereocenters. The molecule has 0 aliphatic rings. The maximum atomic E-state index is 9.18. The normalized spacial score (nSPS) is 10.3. The van der Waals surface area contributed by atoms with E-state index in [1.54, 1.807) is 12.1 Å². The van der Waals surface area contributed by atoms with Crippen LogP contribution in [0.4, 0.5) is 0 Å². The monoisotopic (exact) mass is 255 g/mol. The number of nitrogens with zero attached hydrogens (tertiary/aromatic N) is 2. The Morgan fingerprint density at radius 1 is 1.26 bits per heavy atom. The lowest BCUT2D eigenvalue weighted by molar-refractivity contribution is 0.475. The molecule has 2 rings (SSSR count). The van der Waals surface area contributed by atoms with Gasteiger partial charge >= 0.3 is 0 Å². The first-order valence-electron chi connectivity index (χ1n) is 6.23. The van der Waals surface area contributed by atoms with Gasteiger partial charge in [0.1, 0.15) is 17.5 Å². The van der Waals surface area contributed by atoms with Crippen molar-refractivity contribution in [3.8, 4) is 11.8 Å². The summed E-state index contributed by atoms with van der Waals surface area (Å²) in [5.41, 5.74) is 2.98. The molecule has 98 valence electrons. The topological polar surface area (TPSA) is 61.0 Å². The van der Waals surface area contributed by atoms with Crippen molar-refractivity contribution in [2.75, 3.05) is 6.54 Å². The molecule has 0 amide bonds. The van der Waals surface area contributed by atoms with Crippen LogP contribution in [0.2, 0.25) is 0 Å². The van der Waals surface area contributed by atoms with E-state index in [1.807, 2.05) is 36.0 Å². The van der Waals surface area contributed by atoms with Crippen LogP contribution in [-0.4, -0.2) is 16.2 Å². The minimum absolute atomic E-state index is 0.296. The fourth-order valence-corrected chi connectivity index (χ4v) is 1.97. The molecule has 4 nitrogen and oxygen atoms in total. The summed E-state index contributed by atoms with van der Waals surface area (Å²) in [7, 11) is 1.87. The molecule has 1 heterocycles. The van der Waals surface area contributed by atoms with Crippen molar-refractivity contribution in [3.63, 3.8) is 0 Å². The van der Waals surface area contributed by atoms with Crippen molar-refractivity contribution < 1.29 is 5.11 Å². The Morgan fingerprint density at radius 2 is 2.00 bits per heavy atom. The lowest BCUT2D eigenvalue weighted by Crippen LogP contribution is -2.16. The quantitative estimate of drug-likeness (QED) is 0.803. The standard InChI is InChI=1S/C15H17N3O/c1-18-11-13(8-14(18)9-16)10-17-7-6-12-2-4-15(19)5-3-12/h2-5,8,11,17,19H,6-7,10H2,1H3. The Hall–Kier alpha value is -2.25. The number of aromatic nitrogens is 1. The van der Waals surface area contributed by atoms with Gasteiger partial charge in [-0.05, 0) is 42.3 Å². The van der Waals surface area contributed by atoms with Crippen LogP contribution in [0.5, 0.6) is 5.75 Å². The Kier molecular flexibility index (Phi) is 4.22. The van der Waals surface area contributed by atoms with Gasteiger partial charge in [0.05, 0.1) is 0 Å². The van der Waals surface area contributed by atoms with E-state index in [4.69, 9.17) is 5.26 Å². The molecule has 0 saturated carbocycles. The predicted molar refractivity (Wildman–Crippen MR) is 73.6 cm³/mol. The number of phenols is 1. The molecule has 2 aromatic rings. The number of rotatable bonds is 5. The minimum atomic E-state index is 0.296. The summed E-state index contributed by atoms with van der Waals surface area (Å²) in [5.74, 6) is 0.296. The van der Waals surface area contributed by atoms with E-state index in [9.17, 15) is 5.11 Å². The molecule has 2 N–H and O–H groups in total. The minimum Gasteiger partial charge on any atom is -0.508 e. The molecule has 0 radical (unpaired) electrons. The Balaban J connectivity index is 1.77. The molecule has 0 bridgehead atoms. The van der Waals surface area contributed by atoms with Crippen LogP contribution in [0.25, 0.3) is 0 Å². The van der Waals surface area contributed by atoms with Crippen molar-refractivity contribution in [1.29, 1.82) is 5.26 Å². The fraction of sp³-hybridized carbons (Fsp3) is 0.267. The summed E-state index contributed by atoms with van der Waals surface area (Å²) in [6, 6.07) is 11.3. The number of hydrogen-bond donors (Lipinski definition) is 2. The van der Waals surface area contributed by atoms with Crippen molar-refractivity contribution in [2.45, 2.75) is 13.0 Å².